The minimum Gasteiger partial charge on any atom is -0.359 e. The Morgan fingerprint density at radius 2 is 2.07 bits per heavy atom. The molecule has 1 atom stereocenters. The van der Waals surface area contributed by atoms with Gasteiger partial charge in [-0.1, -0.05) is 29.5 Å². The van der Waals surface area contributed by atoms with Gasteiger partial charge in [0.25, 0.3) is 5.56 Å². The average Bonchev–Trinajstić information content (AvgIpc) is 3.21. The number of amides is 2. The molecule has 1 aliphatic heterocycles. The molecule has 30 heavy (non-hydrogen) atoms. The van der Waals surface area contributed by atoms with Crippen LogP contribution >= 0.6 is 11.3 Å². The van der Waals surface area contributed by atoms with Crippen molar-refractivity contribution in [3.8, 4) is 0 Å². The highest BCUT2D eigenvalue weighted by Gasteiger charge is 2.27. The molecule has 1 aromatic carbocycles. The van der Waals surface area contributed by atoms with E-state index in [9.17, 15) is 14.4 Å². The molecule has 0 saturated carbocycles. The Labute approximate surface area is 176 Å². The summed E-state index contributed by atoms with van der Waals surface area (Å²) in [5.41, 5.74) is 0.731. The zero-order valence-electron chi connectivity index (χ0n) is 16.5. The molecule has 1 fully saturated rings. The molecular weight excluding hydrogens is 404 g/mol. The van der Waals surface area contributed by atoms with Crippen LogP contribution in [0.3, 0.4) is 0 Å². The van der Waals surface area contributed by atoms with Gasteiger partial charge in [0, 0.05) is 25.8 Å². The zero-order valence-corrected chi connectivity index (χ0v) is 17.3. The zero-order chi connectivity index (χ0) is 21.1. The first-order valence-corrected chi connectivity index (χ1v) is 10.5. The second-order valence-electron chi connectivity index (χ2n) is 7.14. The van der Waals surface area contributed by atoms with E-state index in [1.807, 2.05) is 23.1 Å². The van der Waals surface area contributed by atoms with Crippen LogP contribution in [0.1, 0.15) is 12.8 Å². The van der Waals surface area contributed by atoms with Crippen molar-refractivity contribution in [1.29, 1.82) is 0 Å². The van der Waals surface area contributed by atoms with Gasteiger partial charge in [-0.25, -0.2) is 4.98 Å². The number of aromatic nitrogens is 3. The van der Waals surface area contributed by atoms with E-state index in [0.717, 1.165) is 19.4 Å². The van der Waals surface area contributed by atoms with Crippen LogP contribution in [0.4, 0.5) is 10.8 Å². The maximum absolute atomic E-state index is 12.9. The van der Waals surface area contributed by atoms with Crippen LogP contribution in [-0.4, -0.2) is 46.5 Å². The number of fused-ring (bicyclic) bond motifs is 1. The van der Waals surface area contributed by atoms with E-state index in [1.54, 1.807) is 19.2 Å². The van der Waals surface area contributed by atoms with E-state index in [1.165, 1.54) is 22.2 Å². The third kappa shape index (κ3) is 4.18. The number of piperidine rings is 1. The molecule has 0 bridgehead atoms. The molecule has 10 heteroatoms. The number of anilines is 2. The van der Waals surface area contributed by atoms with Crippen molar-refractivity contribution >= 4 is 44.3 Å². The highest BCUT2D eigenvalue weighted by molar-refractivity contribution is 7.22. The third-order valence-corrected chi connectivity index (χ3v) is 6.15. The minimum atomic E-state index is -0.307. The Balaban J connectivity index is 1.53. The number of rotatable bonds is 5. The van der Waals surface area contributed by atoms with E-state index in [-0.39, 0.29) is 29.8 Å². The summed E-state index contributed by atoms with van der Waals surface area (Å²) < 4.78 is 1.69. The molecule has 3 aromatic rings. The van der Waals surface area contributed by atoms with Gasteiger partial charge in [0.1, 0.15) is 17.6 Å². The topological polar surface area (TPSA) is 109 Å². The Hall–Kier alpha value is -3.27. The number of para-hydroxylation sites is 1. The number of carbonyl (C=O) groups excluding carboxylic acids is 2. The van der Waals surface area contributed by atoms with Crippen LogP contribution in [-0.2, 0) is 16.1 Å². The van der Waals surface area contributed by atoms with Crippen molar-refractivity contribution in [3.63, 3.8) is 0 Å². The largest absolute Gasteiger partial charge is 0.359 e. The summed E-state index contributed by atoms with van der Waals surface area (Å²) in [4.78, 5) is 47.9. The predicted octanol–water partition coefficient (Wildman–Crippen LogP) is 1.45. The lowest BCUT2D eigenvalue weighted by atomic mass is 9.98. The second kappa shape index (κ2) is 8.62. The normalized spacial score (nSPS) is 16.4. The summed E-state index contributed by atoms with van der Waals surface area (Å²) in [6.07, 6.45) is 3.07. The van der Waals surface area contributed by atoms with Gasteiger partial charge in [0.15, 0.2) is 10.8 Å². The molecular formula is C20H22N6O3S. The van der Waals surface area contributed by atoms with Crippen molar-refractivity contribution in [3.05, 3.63) is 47.0 Å². The van der Waals surface area contributed by atoms with Gasteiger partial charge in [0.05, 0.1) is 5.92 Å². The van der Waals surface area contributed by atoms with E-state index in [4.69, 9.17) is 0 Å². The van der Waals surface area contributed by atoms with Crippen molar-refractivity contribution in [2.24, 2.45) is 5.92 Å². The third-order valence-electron chi connectivity index (χ3n) is 5.05. The van der Waals surface area contributed by atoms with E-state index >= 15 is 0 Å². The highest BCUT2D eigenvalue weighted by Crippen LogP contribution is 2.29. The fourth-order valence-corrected chi connectivity index (χ4v) is 4.53. The second-order valence-corrected chi connectivity index (χ2v) is 8.12. The van der Waals surface area contributed by atoms with Gasteiger partial charge in [-0.05, 0) is 25.0 Å². The molecule has 156 valence electrons. The maximum atomic E-state index is 12.9. The number of nitrogens with one attached hydrogen (secondary N) is 2. The van der Waals surface area contributed by atoms with Crippen LogP contribution in [0.25, 0.3) is 10.3 Å². The average molecular weight is 427 g/mol. The van der Waals surface area contributed by atoms with Crippen LogP contribution in [0.15, 0.2) is 41.5 Å². The fourth-order valence-electron chi connectivity index (χ4n) is 3.53. The molecule has 1 aliphatic rings. The maximum Gasteiger partial charge on any atom is 0.273 e. The number of thiazole rings is 1. The van der Waals surface area contributed by atoms with Gasteiger partial charge >= 0.3 is 0 Å². The van der Waals surface area contributed by atoms with Crippen molar-refractivity contribution in [2.45, 2.75) is 19.4 Å². The Bertz CT molecular complexity index is 1130. The summed E-state index contributed by atoms with van der Waals surface area (Å²) in [7, 11) is 1.64. The van der Waals surface area contributed by atoms with E-state index in [0.29, 0.717) is 27.7 Å². The van der Waals surface area contributed by atoms with Crippen LogP contribution in [0.2, 0.25) is 0 Å². The van der Waals surface area contributed by atoms with Crippen LogP contribution in [0, 0.1) is 5.92 Å². The monoisotopic (exact) mass is 426 g/mol. The minimum absolute atomic E-state index is 0.0192. The summed E-state index contributed by atoms with van der Waals surface area (Å²) in [5.74, 6) is -0.383. The molecule has 3 heterocycles. The van der Waals surface area contributed by atoms with Gasteiger partial charge in [-0.3, -0.25) is 19.0 Å². The van der Waals surface area contributed by atoms with Gasteiger partial charge in [0.2, 0.25) is 11.8 Å². The lowest BCUT2D eigenvalue weighted by molar-refractivity contribution is -0.124. The first-order chi connectivity index (χ1) is 14.5. The Kier molecular flexibility index (Phi) is 5.75. The summed E-state index contributed by atoms with van der Waals surface area (Å²) in [5, 5.41) is 6.13. The van der Waals surface area contributed by atoms with E-state index in [2.05, 4.69) is 20.6 Å². The number of benzene rings is 1. The smallest absolute Gasteiger partial charge is 0.273 e. The molecule has 9 nitrogen and oxygen atoms in total. The lowest BCUT2D eigenvalue weighted by Gasteiger charge is -2.31. The highest BCUT2D eigenvalue weighted by atomic mass is 32.1. The molecule has 2 aromatic heterocycles. The number of nitrogens with zero attached hydrogens (tertiary/aromatic N) is 4. The number of carbonyl (C=O) groups is 2. The SMILES string of the molecule is CNC(=O)C1CCCN(c2nc3ncn(CC(=O)Nc4ccccc4)c(=O)c3s2)C1. The Morgan fingerprint density at radius 3 is 2.83 bits per heavy atom. The van der Waals surface area contributed by atoms with Gasteiger partial charge in [-0.15, -0.1) is 0 Å². The molecule has 4 rings (SSSR count). The number of hydrogen-bond acceptors (Lipinski definition) is 7. The molecule has 0 spiro atoms. The fraction of sp³-hybridized carbons (Fsp3) is 0.350. The van der Waals surface area contributed by atoms with Gasteiger partial charge < -0.3 is 15.5 Å². The van der Waals surface area contributed by atoms with Gasteiger partial charge in [-0.2, -0.15) is 4.98 Å². The first-order valence-electron chi connectivity index (χ1n) is 9.72. The number of hydrogen-bond donors (Lipinski definition) is 2. The molecule has 1 saturated heterocycles. The van der Waals surface area contributed by atoms with Crippen molar-refractivity contribution < 1.29 is 9.59 Å². The first kappa shape index (κ1) is 20.0. The predicted molar refractivity (Wildman–Crippen MR) is 116 cm³/mol. The Morgan fingerprint density at radius 1 is 1.27 bits per heavy atom. The summed E-state index contributed by atoms with van der Waals surface area (Å²) in [6.45, 7) is 1.21. The molecule has 2 amide bonds. The van der Waals surface area contributed by atoms with E-state index < -0.39 is 0 Å². The van der Waals surface area contributed by atoms with Crippen LogP contribution < -0.4 is 21.1 Å². The van der Waals surface area contributed by atoms with Crippen LogP contribution in [0.5, 0.6) is 0 Å². The summed E-state index contributed by atoms with van der Waals surface area (Å²) in [6, 6.07) is 9.07. The molecule has 2 N–H and O–H groups in total. The molecule has 0 aliphatic carbocycles. The lowest BCUT2D eigenvalue weighted by Crippen LogP contribution is -2.42. The summed E-state index contributed by atoms with van der Waals surface area (Å²) >= 11 is 1.25. The van der Waals surface area contributed by atoms with Crippen molar-refractivity contribution in [1.82, 2.24) is 19.9 Å². The standard InChI is InChI=1S/C20H22N6O3S/c1-21-18(28)13-6-5-9-25(10-13)20-24-17-16(30-20)19(29)26(12-22-17)11-15(27)23-14-7-3-2-4-8-14/h2-4,7-8,12-13H,5-6,9-11H2,1H3,(H,21,28)(H,23,27). The van der Waals surface area contributed by atoms with Crippen molar-refractivity contribution in [2.75, 3.05) is 30.4 Å². The molecule has 1 unspecified atom stereocenters. The quantitative estimate of drug-likeness (QED) is 0.639. The molecule has 0 radical (unpaired) electrons.